The fourth-order valence-corrected chi connectivity index (χ4v) is 3.77. The summed E-state index contributed by atoms with van der Waals surface area (Å²) in [5, 5.41) is 9.07. The number of aliphatic hydroxyl groups excluding tert-OH is 1. The molecular formula is C12H17Cl2NO3S. The van der Waals surface area contributed by atoms with Gasteiger partial charge in [-0.25, -0.2) is 13.1 Å². The van der Waals surface area contributed by atoms with Crippen LogP contribution in [0.3, 0.4) is 0 Å². The lowest BCUT2D eigenvalue weighted by atomic mass is 10.1. The molecule has 19 heavy (non-hydrogen) atoms. The molecule has 1 unspecified atom stereocenters. The smallest absolute Gasteiger partial charge is 0.243 e. The zero-order valence-corrected chi connectivity index (χ0v) is 12.9. The Morgan fingerprint density at radius 1 is 1.32 bits per heavy atom. The van der Waals surface area contributed by atoms with Crippen molar-refractivity contribution >= 4 is 33.2 Å². The van der Waals surface area contributed by atoms with E-state index in [2.05, 4.69) is 4.72 Å². The second kappa shape index (κ2) is 7.45. The van der Waals surface area contributed by atoms with E-state index in [1.165, 1.54) is 12.1 Å². The van der Waals surface area contributed by atoms with E-state index in [-0.39, 0.29) is 34.0 Å². The van der Waals surface area contributed by atoms with Crippen molar-refractivity contribution in [3.63, 3.8) is 0 Å². The van der Waals surface area contributed by atoms with Crippen LogP contribution in [0.2, 0.25) is 10.0 Å². The van der Waals surface area contributed by atoms with Gasteiger partial charge in [-0.15, -0.1) is 0 Å². The normalized spacial score (nSPS) is 13.5. The molecule has 0 aromatic heterocycles. The summed E-state index contributed by atoms with van der Waals surface area (Å²) in [6.07, 6.45) is 1.39. The van der Waals surface area contributed by atoms with E-state index in [0.29, 0.717) is 6.42 Å². The quantitative estimate of drug-likeness (QED) is 0.757. The van der Waals surface area contributed by atoms with Crippen molar-refractivity contribution < 1.29 is 13.5 Å². The van der Waals surface area contributed by atoms with E-state index in [1.54, 1.807) is 6.07 Å². The fourth-order valence-electron chi connectivity index (χ4n) is 1.56. The zero-order valence-electron chi connectivity index (χ0n) is 10.6. The van der Waals surface area contributed by atoms with Gasteiger partial charge in [-0.2, -0.15) is 0 Å². The minimum atomic E-state index is -3.70. The molecule has 0 aliphatic carbocycles. The van der Waals surface area contributed by atoms with Gasteiger partial charge in [-0.1, -0.05) is 36.2 Å². The number of hydrogen-bond donors (Lipinski definition) is 2. The lowest BCUT2D eigenvalue weighted by Gasteiger charge is -2.11. The van der Waals surface area contributed by atoms with Crippen molar-refractivity contribution in [2.45, 2.75) is 24.7 Å². The Bertz CT molecular complexity index is 499. The molecule has 0 aliphatic rings. The SMILES string of the molecule is CC(CO)CCCNS(=O)(=O)c1c(Cl)cccc1Cl. The van der Waals surface area contributed by atoms with E-state index >= 15 is 0 Å². The van der Waals surface area contributed by atoms with Gasteiger partial charge < -0.3 is 5.11 Å². The molecule has 4 nitrogen and oxygen atoms in total. The molecule has 0 amide bonds. The molecule has 108 valence electrons. The van der Waals surface area contributed by atoms with Crippen LogP contribution in [0.5, 0.6) is 0 Å². The Morgan fingerprint density at radius 2 is 1.89 bits per heavy atom. The molecule has 1 aromatic carbocycles. The third-order valence-corrected chi connectivity index (χ3v) is 5.08. The fraction of sp³-hybridized carbons (Fsp3) is 0.500. The predicted molar refractivity (Wildman–Crippen MR) is 77.1 cm³/mol. The second-order valence-corrected chi connectivity index (χ2v) is 6.90. The Kier molecular flexibility index (Phi) is 6.56. The molecule has 0 saturated carbocycles. The number of halogens is 2. The number of benzene rings is 1. The van der Waals surface area contributed by atoms with Crippen molar-refractivity contribution in [3.05, 3.63) is 28.2 Å². The van der Waals surface area contributed by atoms with Gasteiger partial charge in [0.25, 0.3) is 0 Å². The van der Waals surface area contributed by atoms with Gasteiger partial charge >= 0.3 is 0 Å². The summed E-state index contributed by atoms with van der Waals surface area (Å²) in [7, 11) is -3.70. The van der Waals surface area contributed by atoms with Gasteiger partial charge in [-0.3, -0.25) is 0 Å². The van der Waals surface area contributed by atoms with Crippen molar-refractivity contribution in [2.75, 3.05) is 13.2 Å². The average Bonchev–Trinajstić information content (AvgIpc) is 2.33. The maximum Gasteiger partial charge on any atom is 0.243 e. The minimum Gasteiger partial charge on any atom is -0.396 e. The van der Waals surface area contributed by atoms with Crippen LogP contribution in [0.15, 0.2) is 23.1 Å². The Labute approximate surface area is 123 Å². The lowest BCUT2D eigenvalue weighted by Crippen LogP contribution is -2.25. The molecule has 0 aliphatic heterocycles. The summed E-state index contributed by atoms with van der Waals surface area (Å²) in [6, 6.07) is 4.55. The second-order valence-electron chi connectivity index (χ2n) is 4.38. The van der Waals surface area contributed by atoms with E-state index in [4.69, 9.17) is 28.3 Å². The van der Waals surface area contributed by atoms with Crippen LogP contribution in [0, 0.1) is 5.92 Å². The largest absolute Gasteiger partial charge is 0.396 e. The van der Waals surface area contributed by atoms with Gasteiger partial charge in [0.05, 0.1) is 10.0 Å². The van der Waals surface area contributed by atoms with Crippen LogP contribution in [0.4, 0.5) is 0 Å². The summed E-state index contributed by atoms with van der Waals surface area (Å²) in [5.74, 6) is 0.161. The molecule has 0 spiro atoms. The minimum absolute atomic E-state index is 0.0893. The number of sulfonamides is 1. The van der Waals surface area contributed by atoms with Gasteiger partial charge in [0.1, 0.15) is 4.90 Å². The van der Waals surface area contributed by atoms with Crippen LogP contribution in [0.1, 0.15) is 19.8 Å². The van der Waals surface area contributed by atoms with E-state index in [9.17, 15) is 8.42 Å². The van der Waals surface area contributed by atoms with E-state index in [0.717, 1.165) is 6.42 Å². The third-order valence-electron chi connectivity index (χ3n) is 2.67. The van der Waals surface area contributed by atoms with Crippen molar-refractivity contribution in [3.8, 4) is 0 Å². The van der Waals surface area contributed by atoms with Crippen molar-refractivity contribution in [2.24, 2.45) is 5.92 Å². The van der Waals surface area contributed by atoms with Crippen molar-refractivity contribution in [1.29, 1.82) is 0 Å². The molecule has 0 bridgehead atoms. The molecule has 1 atom stereocenters. The van der Waals surface area contributed by atoms with Crippen LogP contribution in [-0.2, 0) is 10.0 Å². The number of rotatable bonds is 7. The molecular weight excluding hydrogens is 309 g/mol. The van der Waals surface area contributed by atoms with E-state index in [1.807, 2.05) is 6.92 Å². The number of hydrogen-bond acceptors (Lipinski definition) is 3. The summed E-state index contributed by atoms with van der Waals surface area (Å²) in [6.45, 7) is 2.29. The first-order valence-electron chi connectivity index (χ1n) is 5.93. The highest BCUT2D eigenvalue weighted by atomic mass is 35.5. The molecule has 7 heteroatoms. The first kappa shape index (κ1) is 16.7. The molecule has 1 rings (SSSR count). The average molecular weight is 326 g/mol. The Balaban J connectivity index is 2.67. The third kappa shape index (κ3) is 4.93. The summed E-state index contributed by atoms with van der Waals surface area (Å²) in [5.41, 5.74) is 0. The molecule has 0 radical (unpaired) electrons. The van der Waals surface area contributed by atoms with Gasteiger partial charge in [-0.05, 0) is 30.9 Å². The Hall–Kier alpha value is -0.330. The first-order valence-corrected chi connectivity index (χ1v) is 8.17. The lowest BCUT2D eigenvalue weighted by molar-refractivity contribution is 0.228. The first-order chi connectivity index (χ1) is 8.88. The van der Waals surface area contributed by atoms with E-state index < -0.39 is 10.0 Å². The molecule has 0 fully saturated rings. The summed E-state index contributed by atoms with van der Waals surface area (Å²) in [4.78, 5) is -0.0893. The zero-order chi connectivity index (χ0) is 14.5. The van der Waals surface area contributed by atoms with Gasteiger partial charge in [0.2, 0.25) is 10.0 Å². The number of aliphatic hydroxyl groups is 1. The number of nitrogens with one attached hydrogen (secondary N) is 1. The monoisotopic (exact) mass is 325 g/mol. The molecule has 0 heterocycles. The maximum atomic E-state index is 12.1. The summed E-state index contributed by atoms with van der Waals surface area (Å²) < 4.78 is 26.6. The van der Waals surface area contributed by atoms with Gasteiger partial charge in [0, 0.05) is 13.2 Å². The maximum absolute atomic E-state index is 12.1. The highest BCUT2D eigenvalue weighted by Crippen LogP contribution is 2.28. The predicted octanol–water partition coefficient (Wildman–Crippen LogP) is 2.68. The topological polar surface area (TPSA) is 66.4 Å². The highest BCUT2D eigenvalue weighted by Gasteiger charge is 2.20. The van der Waals surface area contributed by atoms with Crippen LogP contribution in [-0.4, -0.2) is 26.7 Å². The van der Waals surface area contributed by atoms with Crippen LogP contribution < -0.4 is 4.72 Å². The van der Waals surface area contributed by atoms with Crippen LogP contribution in [0.25, 0.3) is 0 Å². The molecule has 1 aromatic rings. The van der Waals surface area contributed by atoms with Crippen LogP contribution >= 0.6 is 23.2 Å². The van der Waals surface area contributed by atoms with Crippen molar-refractivity contribution in [1.82, 2.24) is 4.72 Å². The molecule has 2 N–H and O–H groups in total. The standard InChI is InChI=1S/C12H17Cl2NO3S/c1-9(8-16)4-3-7-15-19(17,18)12-10(13)5-2-6-11(12)14/h2,5-6,9,15-16H,3-4,7-8H2,1H3. The highest BCUT2D eigenvalue weighted by molar-refractivity contribution is 7.89. The molecule has 0 saturated heterocycles. The Morgan fingerprint density at radius 3 is 2.42 bits per heavy atom. The van der Waals surface area contributed by atoms with Gasteiger partial charge in [0.15, 0.2) is 0 Å². The summed E-state index contributed by atoms with van der Waals surface area (Å²) >= 11 is 11.7.